The number of urea groups is 1. The van der Waals surface area contributed by atoms with Crippen molar-refractivity contribution in [1.29, 1.82) is 0 Å². The number of Topliss-reactive ketones (excluding diaryl/α,β-unsaturated/α-hetero) is 1. The van der Waals surface area contributed by atoms with E-state index >= 15 is 0 Å². The fourth-order valence-corrected chi connectivity index (χ4v) is 8.56. The van der Waals surface area contributed by atoms with Gasteiger partial charge in [0.2, 0.25) is 17.6 Å². The Hall–Kier alpha value is -2.70. The molecular weight excluding hydrogens is 610 g/mol. The zero-order valence-electron chi connectivity index (χ0n) is 29.6. The lowest BCUT2D eigenvalue weighted by molar-refractivity contribution is -0.145. The van der Waals surface area contributed by atoms with Crippen LogP contribution in [0.4, 0.5) is 4.79 Å². The van der Waals surface area contributed by atoms with Crippen LogP contribution < -0.4 is 21.7 Å². The first kappa shape index (κ1) is 37.8. The molecule has 1 aliphatic heterocycles. The van der Waals surface area contributed by atoms with E-state index in [1.54, 1.807) is 48.5 Å². The second-order valence-electron chi connectivity index (χ2n) is 17.3. The smallest absolute Gasteiger partial charge is 0.315 e. The first-order chi connectivity index (χ1) is 20.7. The first-order valence-corrected chi connectivity index (χ1v) is 18.1. The Morgan fingerprint density at radius 3 is 1.98 bits per heavy atom. The average Bonchev–Trinajstić information content (AvgIpc) is 3.70. The van der Waals surface area contributed by atoms with Gasteiger partial charge in [0.1, 0.15) is 12.1 Å². The largest absolute Gasteiger partial charge is 0.363 e. The summed E-state index contributed by atoms with van der Waals surface area (Å²) in [5, 5.41) is 8.45. The summed E-state index contributed by atoms with van der Waals surface area (Å²) >= 11 is 0. The molecule has 3 fully saturated rings. The average molecular weight is 668 g/mol. The maximum atomic E-state index is 14.3. The van der Waals surface area contributed by atoms with Crippen molar-refractivity contribution < 1.29 is 32.4 Å². The molecule has 12 nitrogen and oxygen atoms in total. The second-order valence-corrected chi connectivity index (χ2v) is 20.0. The number of nitrogens with two attached hydrogens (primary N) is 1. The van der Waals surface area contributed by atoms with Gasteiger partial charge in [0.05, 0.1) is 22.1 Å². The lowest BCUT2D eigenvalue weighted by atomic mass is 9.85. The summed E-state index contributed by atoms with van der Waals surface area (Å²) in [6, 6.07) is -3.68. The van der Waals surface area contributed by atoms with Crippen LogP contribution in [-0.2, 0) is 29.0 Å². The van der Waals surface area contributed by atoms with Crippen LogP contribution in [0.2, 0.25) is 0 Å². The predicted molar refractivity (Wildman–Crippen MR) is 176 cm³/mol. The van der Waals surface area contributed by atoms with Gasteiger partial charge >= 0.3 is 6.03 Å². The third kappa shape index (κ3) is 8.41. The van der Waals surface area contributed by atoms with E-state index in [1.807, 2.05) is 27.7 Å². The van der Waals surface area contributed by atoms with E-state index in [4.69, 9.17) is 5.73 Å². The maximum absolute atomic E-state index is 14.3. The van der Waals surface area contributed by atoms with Crippen LogP contribution in [0.1, 0.15) is 102 Å². The van der Waals surface area contributed by atoms with Crippen molar-refractivity contribution in [3.63, 3.8) is 0 Å². The van der Waals surface area contributed by atoms with E-state index < -0.39 is 73.2 Å². The standard InChI is InChI=1S/C33H57N5O7S/c1-18(2)15-33(11,17-46(44,45)31(6,7)8)37-29(43)36-25(30(3,4)5)28(42)38-16-20-22(32(20,9)10)23(38)27(41)35-21(14-19-12-13-19)24(39)26(34)40/h18-23,25H,12-17H2,1-11H3,(H2,34,40)(H,35,41)(H2,36,37,43)/t20?,21?,22-,23-,25+,33?/m0/s1. The summed E-state index contributed by atoms with van der Waals surface area (Å²) in [5.74, 6) is -3.01. The number of hydrogen-bond acceptors (Lipinski definition) is 7. The highest BCUT2D eigenvalue weighted by Crippen LogP contribution is 2.65. The number of fused-ring (bicyclic) bond motifs is 1. The SMILES string of the molecule is CC(C)CC(C)(CS(=O)(=O)C(C)(C)C)NC(=O)N[C@H](C(=O)N1CC2[C@@H]([C@H]1C(=O)NC(CC1CC1)C(=O)C(N)=O)C2(C)C)C(C)(C)C. The predicted octanol–water partition coefficient (Wildman–Crippen LogP) is 2.54. The number of sulfone groups is 1. The summed E-state index contributed by atoms with van der Waals surface area (Å²) < 4.78 is 25.3. The topological polar surface area (TPSA) is 185 Å². The van der Waals surface area contributed by atoms with Gasteiger partial charge in [-0.1, -0.05) is 61.3 Å². The van der Waals surface area contributed by atoms with Gasteiger partial charge in [-0.15, -0.1) is 0 Å². The molecule has 0 aromatic heterocycles. The van der Waals surface area contributed by atoms with E-state index in [0.717, 1.165) is 12.8 Å². The van der Waals surface area contributed by atoms with Crippen LogP contribution in [-0.4, -0.2) is 83.6 Å². The third-order valence-corrected chi connectivity index (χ3v) is 12.9. The molecule has 6 atom stereocenters. The summed E-state index contributed by atoms with van der Waals surface area (Å²) in [5.41, 5.74) is 3.19. The first-order valence-electron chi connectivity index (χ1n) is 16.5. The maximum Gasteiger partial charge on any atom is 0.315 e. The monoisotopic (exact) mass is 667 g/mol. The number of nitrogens with zero attached hydrogens (tertiary/aromatic N) is 1. The minimum atomic E-state index is -3.60. The Balaban J connectivity index is 1.86. The van der Waals surface area contributed by atoms with Gasteiger partial charge in [0.15, 0.2) is 9.84 Å². The minimum Gasteiger partial charge on any atom is -0.363 e. The van der Waals surface area contributed by atoms with Crippen LogP contribution in [0.25, 0.3) is 0 Å². The number of amides is 5. The normalized spacial score (nSPS) is 25.1. The number of nitrogens with one attached hydrogen (secondary N) is 3. The molecule has 3 unspecified atom stereocenters. The molecule has 5 amide bonds. The number of carbonyl (C=O) groups is 5. The van der Waals surface area contributed by atoms with E-state index in [0.29, 0.717) is 19.4 Å². The van der Waals surface area contributed by atoms with Crippen molar-refractivity contribution in [2.24, 2.45) is 40.2 Å². The number of rotatable bonds is 13. The molecule has 3 aliphatic rings. The molecule has 0 radical (unpaired) electrons. The molecule has 0 bridgehead atoms. The summed E-state index contributed by atoms with van der Waals surface area (Å²) in [6.45, 7) is 20.3. The van der Waals surface area contributed by atoms with Crippen molar-refractivity contribution in [2.75, 3.05) is 12.3 Å². The van der Waals surface area contributed by atoms with E-state index in [9.17, 15) is 32.4 Å². The minimum absolute atomic E-state index is 0.0484. The molecular formula is C33H57N5O7S. The van der Waals surface area contributed by atoms with Gasteiger partial charge in [-0.25, -0.2) is 13.2 Å². The van der Waals surface area contributed by atoms with Crippen LogP contribution in [0.3, 0.4) is 0 Å². The molecule has 1 saturated heterocycles. The number of piperidine rings is 1. The fourth-order valence-electron chi connectivity index (χ4n) is 7.10. The number of likely N-dealkylation sites (tertiary alicyclic amines) is 1. The molecule has 13 heteroatoms. The van der Waals surface area contributed by atoms with Crippen molar-refractivity contribution >= 4 is 39.4 Å². The molecule has 3 rings (SSSR count). The molecule has 2 aliphatic carbocycles. The van der Waals surface area contributed by atoms with E-state index in [1.165, 1.54) is 4.90 Å². The van der Waals surface area contributed by atoms with E-state index in [-0.39, 0.29) is 34.8 Å². The Morgan fingerprint density at radius 1 is 0.957 bits per heavy atom. The van der Waals surface area contributed by atoms with Crippen LogP contribution in [0, 0.1) is 34.5 Å². The number of primary amides is 1. The van der Waals surface area contributed by atoms with Crippen molar-refractivity contribution in [2.45, 2.75) is 130 Å². The van der Waals surface area contributed by atoms with Gasteiger partial charge < -0.3 is 26.6 Å². The molecule has 0 spiro atoms. The van der Waals surface area contributed by atoms with Crippen LogP contribution in [0.15, 0.2) is 0 Å². The van der Waals surface area contributed by atoms with Gasteiger partial charge in [-0.3, -0.25) is 19.2 Å². The lowest BCUT2D eigenvalue weighted by Gasteiger charge is -2.39. The van der Waals surface area contributed by atoms with Gasteiger partial charge in [0, 0.05) is 6.54 Å². The van der Waals surface area contributed by atoms with Gasteiger partial charge in [-0.05, 0) is 75.0 Å². The summed E-state index contributed by atoms with van der Waals surface area (Å²) in [6.07, 6.45) is 2.52. The lowest BCUT2D eigenvalue weighted by Crippen LogP contribution is -2.63. The molecule has 1 heterocycles. The van der Waals surface area contributed by atoms with Gasteiger partial charge in [0.25, 0.3) is 5.91 Å². The quantitative estimate of drug-likeness (QED) is 0.218. The van der Waals surface area contributed by atoms with Gasteiger partial charge in [-0.2, -0.15) is 0 Å². The highest BCUT2D eigenvalue weighted by atomic mass is 32.2. The Bertz CT molecular complexity index is 1340. The summed E-state index contributed by atoms with van der Waals surface area (Å²) in [4.78, 5) is 67.6. The van der Waals surface area contributed by atoms with Crippen molar-refractivity contribution in [3.8, 4) is 0 Å². The second kappa shape index (κ2) is 12.7. The molecule has 5 N–H and O–H groups in total. The molecule has 2 saturated carbocycles. The number of ketones is 1. The molecule has 0 aromatic carbocycles. The van der Waals surface area contributed by atoms with Crippen molar-refractivity contribution in [1.82, 2.24) is 20.9 Å². The Labute approximate surface area is 275 Å². The molecule has 0 aromatic rings. The zero-order valence-corrected chi connectivity index (χ0v) is 30.4. The number of hydrogen-bond donors (Lipinski definition) is 4. The van der Waals surface area contributed by atoms with Crippen LogP contribution >= 0.6 is 0 Å². The number of carbonyl (C=O) groups excluding carboxylic acids is 5. The molecule has 262 valence electrons. The fraction of sp³-hybridized carbons (Fsp3) is 0.848. The highest BCUT2D eigenvalue weighted by molar-refractivity contribution is 7.92. The third-order valence-electron chi connectivity index (χ3n) is 10.0. The van der Waals surface area contributed by atoms with E-state index in [2.05, 4.69) is 16.0 Å². The zero-order chi connectivity index (χ0) is 35.4. The van der Waals surface area contributed by atoms with Crippen molar-refractivity contribution in [3.05, 3.63) is 0 Å². The summed E-state index contributed by atoms with van der Waals surface area (Å²) in [7, 11) is -3.60. The Kier molecular flexibility index (Phi) is 10.4. The molecule has 46 heavy (non-hydrogen) atoms. The Morgan fingerprint density at radius 2 is 1.52 bits per heavy atom. The van der Waals surface area contributed by atoms with Crippen LogP contribution in [0.5, 0.6) is 0 Å². The highest BCUT2D eigenvalue weighted by Gasteiger charge is 2.70.